The average molecular weight is 771 g/mol. The van der Waals surface area contributed by atoms with Gasteiger partial charge in [0, 0.05) is 19.7 Å². The van der Waals surface area contributed by atoms with Crippen LogP contribution in [0.2, 0.25) is 0 Å². The number of halogens is 2. The van der Waals surface area contributed by atoms with Gasteiger partial charge in [0.1, 0.15) is 32.1 Å². The number of ether oxygens (including phenoxy) is 2. The maximum absolute atomic E-state index is 12.6. The van der Waals surface area contributed by atoms with E-state index in [-0.39, 0.29) is 21.7 Å². The molecule has 0 saturated heterocycles. The summed E-state index contributed by atoms with van der Waals surface area (Å²) in [6.45, 7) is 7.29. The second-order valence-electron chi connectivity index (χ2n) is 10.6. The standard InChI is InChI=1S/C22H19Cl2NO3.C10H18N4O4S3/c1-22(2)17(12-19(23)24)20(22)21(26)28-18(13-25)14-7-6-10-16(11-14)27-15-8-4-3-5-9-15;1-7(19-5)11-17-9(15)13(3)21-14(4)10(16)18-12-8(2)20-6/h3-12,17-18,20H,1-2H3;1-6H3/b;11-7-,12-8-/t17?,18-,20?;/m1./s1. The lowest BCUT2D eigenvalue weighted by atomic mass is 10.1. The van der Waals surface area contributed by atoms with Crippen LogP contribution in [-0.4, -0.2) is 63.5 Å². The average Bonchev–Trinajstić information content (AvgIpc) is 3.62. The zero-order valence-electron chi connectivity index (χ0n) is 28.1. The lowest BCUT2D eigenvalue weighted by Gasteiger charge is -2.19. The van der Waals surface area contributed by atoms with Crippen LogP contribution >= 0.6 is 58.9 Å². The van der Waals surface area contributed by atoms with Gasteiger partial charge in [-0.1, -0.05) is 77.7 Å². The van der Waals surface area contributed by atoms with Gasteiger partial charge in [0.2, 0.25) is 6.10 Å². The quantitative estimate of drug-likeness (QED) is 0.0570. The summed E-state index contributed by atoms with van der Waals surface area (Å²) in [5, 5.41) is 18.0. The maximum atomic E-state index is 12.6. The number of thioether (sulfide) groups is 2. The van der Waals surface area contributed by atoms with Gasteiger partial charge in [0.25, 0.3) is 0 Å². The molecule has 0 N–H and O–H groups in total. The third kappa shape index (κ3) is 13.7. The minimum atomic E-state index is -1.03. The minimum Gasteiger partial charge on any atom is -0.457 e. The van der Waals surface area contributed by atoms with Crippen molar-refractivity contribution in [3.8, 4) is 17.6 Å². The van der Waals surface area contributed by atoms with Crippen LogP contribution in [0.4, 0.5) is 9.59 Å². The number of nitriles is 1. The van der Waals surface area contributed by atoms with Crippen LogP contribution in [0, 0.1) is 28.6 Å². The Kier molecular flexibility index (Phi) is 17.2. The monoisotopic (exact) mass is 769 g/mol. The molecule has 264 valence electrons. The maximum Gasteiger partial charge on any atom is 0.447 e. The Bertz CT molecular complexity index is 1550. The van der Waals surface area contributed by atoms with E-state index in [1.807, 2.05) is 62.8 Å². The molecule has 1 saturated carbocycles. The molecule has 3 atom stereocenters. The molecule has 0 heterocycles. The highest BCUT2D eigenvalue weighted by atomic mass is 35.5. The van der Waals surface area contributed by atoms with Gasteiger partial charge in [-0.05, 0) is 68.0 Å². The van der Waals surface area contributed by atoms with E-state index >= 15 is 0 Å². The summed E-state index contributed by atoms with van der Waals surface area (Å²) in [4.78, 5) is 45.1. The lowest BCUT2D eigenvalue weighted by molar-refractivity contribution is -0.149. The van der Waals surface area contributed by atoms with E-state index in [2.05, 4.69) is 20.0 Å². The van der Waals surface area contributed by atoms with Crippen molar-refractivity contribution in [2.24, 2.45) is 27.6 Å². The van der Waals surface area contributed by atoms with Gasteiger partial charge < -0.3 is 9.47 Å². The van der Waals surface area contributed by atoms with Crippen LogP contribution in [-0.2, 0) is 19.2 Å². The number of nitrogens with zero attached hydrogens (tertiary/aromatic N) is 5. The molecule has 1 aliphatic rings. The molecular weight excluding hydrogens is 733 g/mol. The summed E-state index contributed by atoms with van der Waals surface area (Å²) in [5.41, 5.74) is 0.231. The van der Waals surface area contributed by atoms with Crippen LogP contribution in [0.1, 0.15) is 39.4 Å². The summed E-state index contributed by atoms with van der Waals surface area (Å²) in [5.74, 6) is 0.289. The molecule has 1 fully saturated rings. The molecule has 12 nitrogen and oxygen atoms in total. The van der Waals surface area contributed by atoms with Crippen LogP contribution < -0.4 is 4.74 Å². The van der Waals surface area contributed by atoms with Crippen molar-refractivity contribution in [1.82, 2.24) is 8.61 Å². The van der Waals surface area contributed by atoms with Crippen molar-refractivity contribution >= 4 is 87.1 Å². The molecule has 2 unspecified atom stereocenters. The largest absolute Gasteiger partial charge is 0.457 e. The Morgan fingerprint density at radius 1 is 0.918 bits per heavy atom. The number of amides is 2. The first-order valence-electron chi connectivity index (χ1n) is 14.3. The van der Waals surface area contributed by atoms with Crippen molar-refractivity contribution in [2.75, 3.05) is 26.6 Å². The number of esters is 1. The molecule has 0 spiro atoms. The van der Waals surface area contributed by atoms with Gasteiger partial charge in [0.05, 0.1) is 18.1 Å². The topological polar surface area (TPSA) is 143 Å². The molecule has 49 heavy (non-hydrogen) atoms. The van der Waals surface area contributed by atoms with Crippen LogP contribution in [0.5, 0.6) is 11.5 Å². The highest BCUT2D eigenvalue weighted by molar-refractivity contribution is 8.13. The number of oxime groups is 2. The Labute approximate surface area is 309 Å². The number of hydrogen-bond acceptors (Lipinski definition) is 13. The van der Waals surface area contributed by atoms with Crippen LogP contribution in [0.3, 0.4) is 0 Å². The number of allylic oxidation sites excluding steroid dienone is 1. The van der Waals surface area contributed by atoms with Crippen molar-refractivity contribution in [1.29, 1.82) is 5.26 Å². The molecule has 2 aromatic rings. The molecule has 17 heteroatoms. The van der Waals surface area contributed by atoms with Crippen LogP contribution in [0.15, 0.2) is 75.5 Å². The van der Waals surface area contributed by atoms with Gasteiger partial charge in [-0.15, -0.1) is 23.5 Å². The van der Waals surface area contributed by atoms with Gasteiger partial charge in [0.15, 0.2) is 0 Å². The molecule has 0 aliphatic heterocycles. The first kappa shape index (κ1) is 41.6. The summed E-state index contributed by atoms with van der Waals surface area (Å²) in [6.07, 6.45) is 2.82. The third-order valence-corrected chi connectivity index (χ3v) is 9.19. The molecule has 2 aromatic carbocycles. The summed E-state index contributed by atoms with van der Waals surface area (Å²) >= 11 is 15.0. The Morgan fingerprint density at radius 2 is 1.45 bits per heavy atom. The van der Waals surface area contributed by atoms with E-state index in [1.54, 1.807) is 44.2 Å². The van der Waals surface area contributed by atoms with Gasteiger partial charge in [-0.3, -0.25) is 14.5 Å². The van der Waals surface area contributed by atoms with Gasteiger partial charge in [-0.2, -0.15) is 5.26 Å². The highest BCUT2D eigenvalue weighted by Crippen LogP contribution is 2.60. The molecule has 0 bridgehead atoms. The first-order valence-corrected chi connectivity index (χ1v) is 18.3. The van der Waals surface area contributed by atoms with Gasteiger partial charge in [-0.25, -0.2) is 18.2 Å². The number of para-hydroxylation sites is 1. The summed E-state index contributed by atoms with van der Waals surface area (Å²) in [7, 11) is 2.88. The third-order valence-electron chi connectivity index (χ3n) is 6.82. The van der Waals surface area contributed by atoms with E-state index < -0.39 is 24.3 Å². The molecule has 0 radical (unpaired) electrons. The highest BCUT2D eigenvalue weighted by Gasteiger charge is 2.62. The normalized spacial score (nSPS) is 16.8. The van der Waals surface area contributed by atoms with E-state index in [9.17, 15) is 19.6 Å². The predicted octanol–water partition coefficient (Wildman–Crippen LogP) is 9.26. The predicted molar refractivity (Wildman–Crippen MR) is 197 cm³/mol. The van der Waals surface area contributed by atoms with E-state index in [1.165, 1.54) is 37.6 Å². The lowest BCUT2D eigenvalue weighted by Crippen LogP contribution is -2.28. The zero-order valence-corrected chi connectivity index (χ0v) is 32.0. The second kappa shape index (κ2) is 20.2. The van der Waals surface area contributed by atoms with Crippen molar-refractivity contribution in [2.45, 2.75) is 33.8 Å². The number of carbonyl (C=O) groups is 3. The van der Waals surface area contributed by atoms with Crippen molar-refractivity contribution in [3.63, 3.8) is 0 Å². The Balaban J connectivity index is 0.000000357. The molecule has 1 aliphatic carbocycles. The minimum absolute atomic E-state index is 0.114. The fourth-order valence-electron chi connectivity index (χ4n) is 3.95. The van der Waals surface area contributed by atoms with Crippen molar-refractivity contribution < 1.29 is 33.5 Å². The fourth-order valence-corrected chi connectivity index (χ4v) is 5.01. The molecule has 3 rings (SSSR count). The number of rotatable bonds is 10. The number of hydrogen-bond donors (Lipinski definition) is 0. The van der Waals surface area contributed by atoms with E-state index in [0.29, 0.717) is 27.1 Å². The number of benzene rings is 2. The fraction of sp³-hybridized carbons (Fsp3) is 0.375. The molecule has 2 amide bonds. The second-order valence-corrected chi connectivity index (χ2v) is 14.9. The molecular formula is C32H37Cl2N5O7S3. The summed E-state index contributed by atoms with van der Waals surface area (Å²) in [6, 6.07) is 18.3. The Hall–Kier alpha value is -3.55. The smallest absolute Gasteiger partial charge is 0.447 e. The van der Waals surface area contributed by atoms with E-state index in [4.69, 9.17) is 32.7 Å². The zero-order chi connectivity index (χ0) is 36.7. The summed E-state index contributed by atoms with van der Waals surface area (Å²) < 4.78 is 13.6. The number of carbonyl (C=O) groups excluding carboxylic acids is 3. The first-order chi connectivity index (χ1) is 23.1. The van der Waals surface area contributed by atoms with Gasteiger partial charge >= 0.3 is 18.2 Å². The Morgan fingerprint density at radius 3 is 1.94 bits per heavy atom. The van der Waals surface area contributed by atoms with Crippen LogP contribution in [0.25, 0.3) is 0 Å². The van der Waals surface area contributed by atoms with Crippen molar-refractivity contribution in [3.05, 3.63) is 70.7 Å². The SMILES string of the molecule is CC1(C)C(C=C(Cl)Cl)C1C(=O)O[C@H](C#N)c1cccc(Oc2ccccc2)c1.CS/C(C)=N\OC(=O)N(C)SN(C)C(=O)O/N=C(/C)SC. The van der Waals surface area contributed by atoms with E-state index in [0.717, 1.165) is 20.7 Å². The molecule has 0 aromatic heterocycles.